The zero-order valence-corrected chi connectivity index (χ0v) is 9.52. The first-order chi connectivity index (χ1) is 7.22. The van der Waals surface area contributed by atoms with Crippen LogP contribution in [0.5, 0.6) is 0 Å². The SMILES string of the molecule is CCC(CC)N1CCOC(C(N)=NO)C1. The summed E-state index contributed by atoms with van der Waals surface area (Å²) in [6.07, 6.45) is 1.99. The Labute approximate surface area is 90.9 Å². The molecule has 5 heteroatoms. The highest BCUT2D eigenvalue weighted by atomic mass is 16.5. The van der Waals surface area contributed by atoms with Gasteiger partial charge in [0.15, 0.2) is 5.84 Å². The van der Waals surface area contributed by atoms with Crippen LogP contribution in [0.15, 0.2) is 5.16 Å². The fourth-order valence-electron chi connectivity index (χ4n) is 2.05. The lowest BCUT2D eigenvalue weighted by atomic mass is 10.1. The summed E-state index contributed by atoms with van der Waals surface area (Å²) in [7, 11) is 0. The summed E-state index contributed by atoms with van der Waals surface area (Å²) < 4.78 is 5.44. The predicted octanol–water partition coefficient (Wildman–Crippen LogP) is 0.622. The molecule has 0 saturated carbocycles. The number of hydrogen-bond donors (Lipinski definition) is 2. The second-order valence-corrected chi connectivity index (χ2v) is 3.85. The summed E-state index contributed by atoms with van der Waals surface area (Å²) in [5.74, 6) is 0.172. The van der Waals surface area contributed by atoms with Crippen LogP contribution in [-0.2, 0) is 4.74 Å². The first-order valence-electron chi connectivity index (χ1n) is 5.55. The maximum absolute atomic E-state index is 8.59. The Morgan fingerprint density at radius 2 is 2.27 bits per heavy atom. The number of hydrogen-bond acceptors (Lipinski definition) is 4. The molecule has 0 aromatic heterocycles. The Bertz CT molecular complexity index is 217. The van der Waals surface area contributed by atoms with Gasteiger partial charge in [-0.1, -0.05) is 19.0 Å². The van der Waals surface area contributed by atoms with E-state index in [1.54, 1.807) is 0 Å². The van der Waals surface area contributed by atoms with E-state index in [2.05, 4.69) is 23.9 Å². The highest BCUT2D eigenvalue weighted by molar-refractivity contribution is 5.84. The largest absolute Gasteiger partial charge is 0.409 e. The zero-order valence-electron chi connectivity index (χ0n) is 9.52. The van der Waals surface area contributed by atoms with Crippen molar-refractivity contribution in [1.82, 2.24) is 4.90 Å². The molecule has 1 aliphatic rings. The number of oxime groups is 1. The molecule has 1 heterocycles. The van der Waals surface area contributed by atoms with Crippen LogP contribution in [0, 0.1) is 0 Å². The minimum atomic E-state index is -0.260. The summed E-state index contributed by atoms with van der Waals surface area (Å²) in [5.41, 5.74) is 5.54. The molecule has 0 aromatic carbocycles. The van der Waals surface area contributed by atoms with Gasteiger partial charge in [0, 0.05) is 19.1 Å². The van der Waals surface area contributed by atoms with Gasteiger partial charge in [0.05, 0.1) is 6.61 Å². The van der Waals surface area contributed by atoms with Crippen LogP contribution < -0.4 is 5.73 Å². The predicted molar refractivity (Wildman–Crippen MR) is 59.1 cm³/mol. The van der Waals surface area contributed by atoms with Crippen LogP contribution in [0.3, 0.4) is 0 Å². The molecule has 15 heavy (non-hydrogen) atoms. The van der Waals surface area contributed by atoms with E-state index in [9.17, 15) is 0 Å². The molecule has 5 nitrogen and oxygen atoms in total. The lowest BCUT2D eigenvalue weighted by molar-refractivity contribution is -0.0144. The van der Waals surface area contributed by atoms with Crippen LogP contribution in [0.4, 0.5) is 0 Å². The Balaban J connectivity index is 2.55. The van der Waals surface area contributed by atoms with Gasteiger partial charge in [-0.3, -0.25) is 4.90 Å². The monoisotopic (exact) mass is 215 g/mol. The average Bonchev–Trinajstić information content (AvgIpc) is 2.30. The van der Waals surface area contributed by atoms with Gasteiger partial charge in [-0.25, -0.2) is 0 Å². The van der Waals surface area contributed by atoms with Crippen molar-refractivity contribution in [3.8, 4) is 0 Å². The third-order valence-electron chi connectivity index (χ3n) is 3.00. The number of ether oxygens (including phenoxy) is 1. The van der Waals surface area contributed by atoms with Crippen molar-refractivity contribution in [1.29, 1.82) is 0 Å². The Morgan fingerprint density at radius 1 is 1.60 bits per heavy atom. The van der Waals surface area contributed by atoms with Gasteiger partial charge in [-0.05, 0) is 12.8 Å². The van der Waals surface area contributed by atoms with Crippen molar-refractivity contribution in [3.63, 3.8) is 0 Å². The fraction of sp³-hybridized carbons (Fsp3) is 0.900. The van der Waals surface area contributed by atoms with Crippen molar-refractivity contribution < 1.29 is 9.94 Å². The molecule has 1 unspecified atom stereocenters. The molecule has 0 aliphatic carbocycles. The van der Waals surface area contributed by atoms with E-state index in [0.29, 0.717) is 12.6 Å². The second kappa shape index (κ2) is 5.92. The van der Waals surface area contributed by atoms with Gasteiger partial charge in [-0.2, -0.15) is 0 Å². The highest BCUT2D eigenvalue weighted by Gasteiger charge is 2.27. The molecule has 0 bridgehead atoms. The molecular formula is C10H21N3O2. The maximum Gasteiger partial charge on any atom is 0.169 e. The maximum atomic E-state index is 8.59. The van der Waals surface area contributed by atoms with Crippen molar-refractivity contribution in [2.75, 3.05) is 19.7 Å². The van der Waals surface area contributed by atoms with E-state index in [4.69, 9.17) is 15.7 Å². The average molecular weight is 215 g/mol. The summed E-state index contributed by atoms with van der Waals surface area (Å²) in [5, 5.41) is 11.6. The fourth-order valence-corrected chi connectivity index (χ4v) is 2.05. The normalized spacial score (nSPS) is 24.7. The van der Waals surface area contributed by atoms with Gasteiger partial charge >= 0.3 is 0 Å². The number of rotatable bonds is 4. The molecular weight excluding hydrogens is 194 g/mol. The van der Waals surface area contributed by atoms with Gasteiger partial charge in [-0.15, -0.1) is 0 Å². The highest BCUT2D eigenvalue weighted by Crippen LogP contribution is 2.13. The van der Waals surface area contributed by atoms with Crippen LogP contribution in [-0.4, -0.2) is 47.8 Å². The molecule has 1 atom stereocenters. The number of amidine groups is 1. The third-order valence-corrected chi connectivity index (χ3v) is 3.00. The summed E-state index contributed by atoms with van der Waals surface area (Å²) in [6, 6.07) is 0.572. The van der Waals surface area contributed by atoms with Gasteiger partial charge in [0.1, 0.15) is 6.10 Å². The van der Waals surface area contributed by atoms with Crippen molar-refractivity contribution in [2.24, 2.45) is 10.9 Å². The molecule has 0 radical (unpaired) electrons. The lowest BCUT2D eigenvalue weighted by Gasteiger charge is -2.37. The summed E-state index contributed by atoms with van der Waals surface area (Å²) in [4.78, 5) is 2.35. The topological polar surface area (TPSA) is 71.1 Å². The number of nitrogens with two attached hydrogens (primary N) is 1. The molecule has 88 valence electrons. The van der Waals surface area contributed by atoms with Crippen molar-refractivity contribution in [3.05, 3.63) is 0 Å². The Kier molecular flexibility index (Phi) is 4.84. The van der Waals surface area contributed by atoms with Crippen LogP contribution in [0.25, 0.3) is 0 Å². The van der Waals surface area contributed by atoms with Crippen LogP contribution in [0.2, 0.25) is 0 Å². The summed E-state index contributed by atoms with van der Waals surface area (Å²) in [6.45, 7) is 6.67. The first kappa shape index (κ1) is 12.3. The van der Waals surface area contributed by atoms with Crippen LogP contribution >= 0.6 is 0 Å². The quantitative estimate of drug-likeness (QED) is 0.312. The molecule has 0 spiro atoms. The van der Waals surface area contributed by atoms with Crippen LogP contribution in [0.1, 0.15) is 26.7 Å². The van der Waals surface area contributed by atoms with Gasteiger partial charge in [0.2, 0.25) is 0 Å². The van der Waals surface area contributed by atoms with E-state index in [1.807, 2.05) is 0 Å². The van der Waals surface area contributed by atoms with E-state index in [0.717, 1.165) is 25.9 Å². The van der Waals surface area contributed by atoms with E-state index >= 15 is 0 Å². The van der Waals surface area contributed by atoms with E-state index in [-0.39, 0.29) is 11.9 Å². The Morgan fingerprint density at radius 3 is 2.80 bits per heavy atom. The van der Waals surface area contributed by atoms with E-state index in [1.165, 1.54) is 0 Å². The molecule has 1 aliphatic heterocycles. The minimum absolute atomic E-state index is 0.172. The number of nitrogens with zero attached hydrogens (tertiary/aromatic N) is 2. The number of morpholine rings is 1. The van der Waals surface area contributed by atoms with Gasteiger partial charge in [0.25, 0.3) is 0 Å². The molecule has 0 amide bonds. The van der Waals surface area contributed by atoms with Gasteiger partial charge < -0.3 is 15.7 Å². The smallest absolute Gasteiger partial charge is 0.169 e. The zero-order chi connectivity index (χ0) is 11.3. The third kappa shape index (κ3) is 3.07. The second-order valence-electron chi connectivity index (χ2n) is 3.85. The van der Waals surface area contributed by atoms with Crippen molar-refractivity contribution >= 4 is 5.84 Å². The molecule has 0 aromatic rings. The van der Waals surface area contributed by atoms with Crippen molar-refractivity contribution in [2.45, 2.75) is 38.8 Å². The van der Waals surface area contributed by atoms with E-state index < -0.39 is 0 Å². The summed E-state index contributed by atoms with van der Waals surface area (Å²) >= 11 is 0. The minimum Gasteiger partial charge on any atom is -0.409 e. The molecule has 1 rings (SSSR count). The molecule has 1 fully saturated rings. The first-order valence-corrected chi connectivity index (χ1v) is 5.55. The lowest BCUT2D eigenvalue weighted by Crippen LogP contribution is -2.51. The standard InChI is InChI=1S/C10H21N3O2/c1-3-8(4-2)13-5-6-15-9(7-13)10(11)12-14/h8-9,14H,3-7H2,1-2H3,(H2,11,12). The molecule has 1 saturated heterocycles. The molecule has 3 N–H and O–H groups in total. The Hall–Kier alpha value is -0.810.